The van der Waals surface area contributed by atoms with Crippen molar-refractivity contribution in [3.63, 3.8) is 0 Å². The third kappa shape index (κ3) is 2.48. The van der Waals surface area contributed by atoms with Crippen molar-refractivity contribution in [2.24, 2.45) is 0 Å². The van der Waals surface area contributed by atoms with Gasteiger partial charge in [-0.15, -0.1) is 0 Å². The van der Waals surface area contributed by atoms with Crippen molar-refractivity contribution in [1.82, 2.24) is 5.32 Å². The number of hydrogen-bond donors (Lipinski definition) is 2. The number of rotatable bonds is 3. The summed E-state index contributed by atoms with van der Waals surface area (Å²) in [5, 5.41) is 8.10. The molecule has 0 spiro atoms. The molecular formula is C16H23ClN2. The molecule has 1 aliphatic carbocycles. The van der Waals surface area contributed by atoms with Crippen molar-refractivity contribution in [2.45, 2.75) is 57.5 Å². The second kappa shape index (κ2) is 4.99. The van der Waals surface area contributed by atoms with E-state index in [0.717, 1.165) is 18.1 Å². The molecule has 1 saturated carbocycles. The Labute approximate surface area is 120 Å². The van der Waals surface area contributed by atoms with Crippen molar-refractivity contribution >= 4 is 17.3 Å². The molecule has 3 rings (SSSR count). The standard InChI is InChI=1S/C16H23ClN2/c1-16(2)10-19-14-8-7-13(17)12(15(14)16)9-18-11-5-3-4-6-11/h7-8,11,18-19H,3-6,9-10H2,1-2H3. The molecule has 1 aromatic carbocycles. The van der Waals surface area contributed by atoms with E-state index >= 15 is 0 Å². The molecule has 0 saturated heterocycles. The van der Waals surface area contributed by atoms with E-state index in [-0.39, 0.29) is 5.41 Å². The fourth-order valence-electron chi connectivity index (χ4n) is 3.50. The average Bonchev–Trinajstić information content (AvgIpc) is 2.97. The number of hydrogen-bond acceptors (Lipinski definition) is 2. The highest BCUT2D eigenvalue weighted by Gasteiger charge is 2.33. The molecule has 1 aliphatic heterocycles. The van der Waals surface area contributed by atoms with Crippen LogP contribution in [0.15, 0.2) is 12.1 Å². The quantitative estimate of drug-likeness (QED) is 0.871. The molecule has 3 heteroatoms. The SMILES string of the molecule is CC1(C)CNc2ccc(Cl)c(CNC3CCCC3)c21. The van der Waals surface area contributed by atoms with Gasteiger partial charge in [0.05, 0.1) is 0 Å². The van der Waals surface area contributed by atoms with Crippen LogP contribution in [0.25, 0.3) is 0 Å². The third-order valence-electron chi connectivity index (χ3n) is 4.58. The minimum Gasteiger partial charge on any atom is -0.384 e. The number of nitrogens with one attached hydrogen (secondary N) is 2. The van der Waals surface area contributed by atoms with Gasteiger partial charge < -0.3 is 10.6 Å². The highest BCUT2D eigenvalue weighted by atomic mass is 35.5. The van der Waals surface area contributed by atoms with Crippen LogP contribution in [0, 0.1) is 0 Å². The van der Waals surface area contributed by atoms with Gasteiger partial charge in [-0.05, 0) is 36.1 Å². The van der Waals surface area contributed by atoms with E-state index in [1.54, 1.807) is 0 Å². The summed E-state index contributed by atoms with van der Waals surface area (Å²) in [7, 11) is 0. The number of anilines is 1. The lowest BCUT2D eigenvalue weighted by Gasteiger charge is -2.23. The fourth-order valence-corrected chi connectivity index (χ4v) is 3.72. The highest BCUT2D eigenvalue weighted by Crippen LogP contribution is 2.41. The van der Waals surface area contributed by atoms with Crippen molar-refractivity contribution < 1.29 is 0 Å². The smallest absolute Gasteiger partial charge is 0.0455 e. The maximum absolute atomic E-state index is 6.45. The van der Waals surface area contributed by atoms with Gasteiger partial charge in [-0.25, -0.2) is 0 Å². The summed E-state index contributed by atoms with van der Waals surface area (Å²) < 4.78 is 0. The molecule has 0 atom stereocenters. The minimum absolute atomic E-state index is 0.174. The van der Waals surface area contributed by atoms with Crippen LogP contribution in [-0.4, -0.2) is 12.6 Å². The number of fused-ring (bicyclic) bond motifs is 1. The monoisotopic (exact) mass is 278 g/mol. The second-order valence-corrected chi connectivity index (χ2v) is 6.96. The maximum atomic E-state index is 6.45. The van der Waals surface area contributed by atoms with Gasteiger partial charge in [0.15, 0.2) is 0 Å². The maximum Gasteiger partial charge on any atom is 0.0455 e. The van der Waals surface area contributed by atoms with Gasteiger partial charge in [0, 0.05) is 35.3 Å². The Hall–Kier alpha value is -0.730. The van der Waals surface area contributed by atoms with Crippen LogP contribution in [0.4, 0.5) is 5.69 Å². The Balaban J connectivity index is 1.86. The van der Waals surface area contributed by atoms with Gasteiger partial charge in [0.1, 0.15) is 0 Å². The molecule has 0 unspecified atom stereocenters. The Bertz CT molecular complexity index is 476. The molecule has 0 radical (unpaired) electrons. The number of benzene rings is 1. The Morgan fingerprint density at radius 3 is 2.79 bits per heavy atom. The molecule has 1 fully saturated rings. The van der Waals surface area contributed by atoms with Crippen LogP contribution >= 0.6 is 11.6 Å². The molecule has 19 heavy (non-hydrogen) atoms. The van der Waals surface area contributed by atoms with Crippen molar-refractivity contribution in [1.29, 1.82) is 0 Å². The van der Waals surface area contributed by atoms with Gasteiger partial charge in [0.25, 0.3) is 0 Å². The summed E-state index contributed by atoms with van der Waals surface area (Å²) in [4.78, 5) is 0. The van der Waals surface area contributed by atoms with E-state index in [1.807, 2.05) is 6.07 Å². The molecule has 2 aliphatic rings. The van der Waals surface area contributed by atoms with Crippen molar-refractivity contribution in [3.05, 3.63) is 28.3 Å². The zero-order valence-electron chi connectivity index (χ0n) is 11.9. The topological polar surface area (TPSA) is 24.1 Å². The van der Waals surface area contributed by atoms with Gasteiger partial charge >= 0.3 is 0 Å². The van der Waals surface area contributed by atoms with Crippen molar-refractivity contribution in [2.75, 3.05) is 11.9 Å². The molecule has 104 valence electrons. The molecule has 0 amide bonds. The summed E-state index contributed by atoms with van der Waals surface area (Å²) in [6.45, 7) is 6.49. The first-order chi connectivity index (χ1) is 9.08. The lowest BCUT2D eigenvalue weighted by Crippen LogP contribution is -2.28. The predicted molar refractivity (Wildman–Crippen MR) is 82.1 cm³/mol. The summed E-state index contributed by atoms with van der Waals surface area (Å²) in [5.74, 6) is 0. The lowest BCUT2D eigenvalue weighted by atomic mass is 9.83. The van der Waals surface area contributed by atoms with E-state index < -0.39 is 0 Å². The Morgan fingerprint density at radius 1 is 1.32 bits per heavy atom. The molecule has 2 N–H and O–H groups in total. The van der Waals surface area contributed by atoms with E-state index in [2.05, 4.69) is 30.5 Å². The normalized spacial score (nSPS) is 21.4. The first-order valence-electron chi connectivity index (χ1n) is 7.37. The molecular weight excluding hydrogens is 256 g/mol. The van der Waals surface area contributed by atoms with Gasteiger partial charge in [-0.3, -0.25) is 0 Å². The largest absolute Gasteiger partial charge is 0.384 e. The summed E-state index contributed by atoms with van der Waals surface area (Å²) in [6.07, 6.45) is 5.36. The summed E-state index contributed by atoms with van der Waals surface area (Å²) >= 11 is 6.45. The van der Waals surface area contributed by atoms with Gasteiger partial charge in [0.2, 0.25) is 0 Å². The van der Waals surface area contributed by atoms with Crippen LogP contribution in [0.1, 0.15) is 50.7 Å². The highest BCUT2D eigenvalue weighted by molar-refractivity contribution is 6.31. The van der Waals surface area contributed by atoms with Crippen LogP contribution in [0.2, 0.25) is 5.02 Å². The fraction of sp³-hybridized carbons (Fsp3) is 0.625. The van der Waals surface area contributed by atoms with Gasteiger partial charge in [-0.1, -0.05) is 38.3 Å². The number of halogens is 1. The zero-order chi connectivity index (χ0) is 13.5. The van der Waals surface area contributed by atoms with Crippen molar-refractivity contribution in [3.8, 4) is 0 Å². The molecule has 1 heterocycles. The zero-order valence-corrected chi connectivity index (χ0v) is 12.6. The molecule has 2 nitrogen and oxygen atoms in total. The first-order valence-corrected chi connectivity index (χ1v) is 7.75. The van der Waals surface area contributed by atoms with E-state index in [4.69, 9.17) is 11.6 Å². The van der Waals surface area contributed by atoms with Crippen LogP contribution < -0.4 is 10.6 Å². The first kappa shape index (κ1) is 13.3. The van der Waals surface area contributed by atoms with Crippen LogP contribution in [0.3, 0.4) is 0 Å². The lowest BCUT2D eigenvalue weighted by molar-refractivity contribution is 0.514. The summed E-state index contributed by atoms with van der Waals surface area (Å²) in [5.41, 5.74) is 4.14. The minimum atomic E-state index is 0.174. The predicted octanol–water partition coefficient (Wildman–Crippen LogP) is 4.08. The van der Waals surface area contributed by atoms with E-state index in [1.165, 1.54) is 42.5 Å². The Kier molecular flexibility index (Phi) is 3.48. The Morgan fingerprint density at radius 2 is 2.05 bits per heavy atom. The van der Waals surface area contributed by atoms with Gasteiger partial charge in [-0.2, -0.15) is 0 Å². The summed E-state index contributed by atoms with van der Waals surface area (Å²) in [6, 6.07) is 4.83. The molecule has 1 aromatic rings. The van der Waals surface area contributed by atoms with Crippen LogP contribution in [0.5, 0.6) is 0 Å². The van der Waals surface area contributed by atoms with E-state index in [0.29, 0.717) is 6.04 Å². The van der Waals surface area contributed by atoms with Crippen LogP contribution in [-0.2, 0) is 12.0 Å². The molecule has 0 aromatic heterocycles. The second-order valence-electron chi connectivity index (χ2n) is 6.55. The average molecular weight is 279 g/mol. The third-order valence-corrected chi connectivity index (χ3v) is 4.93. The molecule has 0 bridgehead atoms. The van der Waals surface area contributed by atoms with E-state index in [9.17, 15) is 0 Å².